The van der Waals surface area contributed by atoms with Crippen LogP contribution < -0.4 is 5.56 Å². The monoisotopic (exact) mass is 361 g/mol. The lowest BCUT2D eigenvalue weighted by atomic mass is 10.2. The molecule has 8 heteroatoms. The minimum absolute atomic E-state index is 0.0596. The fourth-order valence-electron chi connectivity index (χ4n) is 2.69. The normalized spacial score (nSPS) is 10.8. The standard InChI is InChI=1S/C18H11N5O2S/c1-11(24)16-21-23(12-6-3-2-4-7-12)18-20-15(14-8-5-9-26-14)13(10-19)17(25)22(16)18/h2-9H,1H3. The SMILES string of the molecule is CC(=O)c1nn(-c2ccccc2)c2nc(-c3cccs3)c(C#N)c(=O)n12. The summed E-state index contributed by atoms with van der Waals surface area (Å²) in [6.45, 7) is 1.32. The van der Waals surface area contributed by atoms with Crippen LogP contribution in [0.25, 0.3) is 22.0 Å². The molecule has 0 aliphatic heterocycles. The molecule has 7 nitrogen and oxygen atoms in total. The number of hydrogen-bond acceptors (Lipinski definition) is 6. The number of aromatic nitrogens is 4. The van der Waals surface area contributed by atoms with Crippen molar-refractivity contribution in [2.75, 3.05) is 0 Å². The Kier molecular flexibility index (Phi) is 3.71. The van der Waals surface area contributed by atoms with Crippen LogP contribution in [0, 0.1) is 11.3 Å². The van der Waals surface area contributed by atoms with Gasteiger partial charge in [-0.15, -0.1) is 16.4 Å². The highest BCUT2D eigenvalue weighted by atomic mass is 32.1. The molecule has 0 saturated carbocycles. The van der Waals surface area contributed by atoms with E-state index >= 15 is 0 Å². The summed E-state index contributed by atoms with van der Waals surface area (Å²) in [5.41, 5.74) is 0.235. The highest BCUT2D eigenvalue weighted by molar-refractivity contribution is 7.13. The minimum atomic E-state index is -0.603. The van der Waals surface area contributed by atoms with E-state index in [2.05, 4.69) is 10.1 Å². The zero-order chi connectivity index (χ0) is 18.3. The van der Waals surface area contributed by atoms with Crippen LogP contribution >= 0.6 is 11.3 Å². The summed E-state index contributed by atoms with van der Waals surface area (Å²) in [6.07, 6.45) is 0. The Labute approximate surface area is 151 Å². The van der Waals surface area contributed by atoms with Gasteiger partial charge < -0.3 is 0 Å². The number of benzene rings is 1. The second-order valence-electron chi connectivity index (χ2n) is 5.49. The average molecular weight is 361 g/mol. The van der Waals surface area contributed by atoms with E-state index in [0.29, 0.717) is 16.3 Å². The molecule has 26 heavy (non-hydrogen) atoms. The molecule has 0 aliphatic carbocycles. The summed E-state index contributed by atoms with van der Waals surface area (Å²) < 4.78 is 2.54. The van der Waals surface area contributed by atoms with Crippen molar-refractivity contribution < 1.29 is 4.79 Å². The van der Waals surface area contributed by atoms with Gasteiger partial charge in [0.25, 0.3) is 5.56 Å². The minimum Gasteiger partial charge on any atom is -0.291 e. The zero-order valence-electron chi connectivity index (χ0n) is 13.6. The third-order valence-corrected chi connectivity index (χ3v) is 4.72. The summed E-state index contributed by atoms with van der Waals surface area (Å²) in [5.74, 6) is -0.259. The first-order valence-corrected chi connectivity index (χ1v) is 8.56. The van der Waals surface area contributed by atoms with Gasteiger partial charge in [-0.1, -0.05) is 24.3 Å². The maximum atomic E-state index is 12.9. The molecular weight excluding hydrogens is 350 g/mol. The van der Waals surface area contributed by atoms with Crippen molar-refractivity contribution in [3.8, 4) is 22.3 Å². The van der Waals surface area contributed by atoms with Gasteiger partial charge in [0, 0.05) is 6.92 Å². The van der Waals surface area contributed by atoms with Crippen LogP contribution in [0.15, 0.2) is 52.6 Å². The molecule has 0 unspecified atom stereocenters. The summed E-state index contributed by atoms with van der Waals surface area (Å²) in [4.78, 5) is 30.2. The number of para-hydroxylation sites is 1. The second kappa shape index (κ2) is 6.06. The van der Waals surface area contributed by atoms with E-state index in [1.165, 1.54) is 22.9 Å². The van der Waals surface area contributed by atoms with Crippen molar-refractivity contribution in [1.82, 2.24) is 19.2 Å². The summed E-state index contributed by atoms with van der Waals surface area (Å²) in [7, 11) is 0. The number of fused-ring (bicyclic) bond motifs is 1. The third kappa shape index (κ3) is 2.34. The molecule has 0 fully saturated rings. The first-order chi connectivity index (χ1) is 12.6. The molecule has 0 spiro atoms. The molecule has 4 aromatic rings. The van der Waals surface area contributed by atoms with Crippen molar-refractivity contribution in [2.45, 2.75) is 6.92 Å². The molecule has 0 atom stereocenters. The van der Waals surface area contributed by atoms with Crippen molar-refractivity contribution in [3.63, 3.8) is 0 Å². The molecular formula is C18H11N5O2S. The molecule has 0 bridgehead atoms. The van der Waals surface area contributed by atoms with Crippen molar-refractivity contribution in [2.24, 2.45) is 0 Å². The van der Waals surface area contributed by atoms with Gasteiger partial charge in [0.1, 0.15) is 17.3 Å². The molecule has 4 rings (SSSR count). The first-order valence-electron chi connectivity index (χ1n) is 7.68. The number of hydrogen-bond donors (Lipinski definition) is 0. The number of nitriles is 1. The smallest absolute Gasteiger partial charge is 0.279 e. The lowest BCUT2D eigenvalue weighted by Gasteiger charge is -2.04. The number of Topliss-reactive ketones (excluding diaryl/α,β-unsaturated/α-hetero) is 1. The van der Waals surface area contributed by atoms with Gasteiger partial charge in [-0.25, -0.2) is 9.38 Å². The molecule has 0 radical (unpaired) electrons. The first kappa shape index (κ1) is 15.9. The quantitative estimate of drug-likeness (QED) is 0.523. The molecule has 0 aliphatic rings. The summed E-state index contributed by atoms with van der Waals surface area (Å²) >= 11 is 1.38. The van der Waals surface area contributed by atoms with E-state index < -0.39 is 5.56 Å². The Balaban J connectivity index is 2.17. The topological polar surface area (TPSA) is 93.0 Å². The molecule has 126 valence electrons. The van der Waals surface area contributed by atoms with Gasteiger partial charge in [0.15, 0.2) is 5.78 Å². The predicted molar refractivity (Wildman–Crippen MR) is 96.6 cm³/mol. The molecule has 1 aromatic carbocycles. The third-order valence-electron chi connectivity index (χ3n) is 3.84. The lowest BCUT2D eigenvalue weighted by Crippen LogP contribution is -2.22. The van der Waals surface area contributed by atoms with E-state index in [9.17, 15) is 14.9 Å². The van der Waals surface area contributed by atoms with Gasteiger partial charge in [-0.2, -0.15) is 9.94 Å². The second-order valence-corrected chi connectivity index (χ2v) is 6.44. The molecule has 0 amide bonds. The largest absolute Gasteiger partial charge is 0.291 e. The summed E-state index contributed by atoms with van der Waals surface area (Å²) in [6, 6.07) is 14.6. The maximum Gasteiger partial charge on any atom is 0.279 e. The average Bonchev–Trinajstić information content (AvgIpc) is 3.30. The number of carbonyl (C=O) groups excluding carboxylic acids is 1. The van der Waals surface area contributed by atoms with E-state index in [-0.39, 0.29) is 22.9 Å². The van der Waals surface area contributed by atoms with Crippen LogP contribution in [-0.2, 0) is 0 Å². The molecule has 0 N–H and O–H groups in total. The number of thiophene rings is 1. The van der Waals surface area contributed by atoms with E-state index in [4.69, 9.17) is 0 Å². The zero-order valence-corrected chi connectivity index (χ0v) is 14.4. The number of carbonyl (C=O) groups is 1. The van der Waals surface area contributed by atoms with Gasteiger partial charge in [0.2, 0.25) is 11.6 Å². The van der Waals surface area contributed by atoms with Crippen LogP contribution in [0.4, 0.5) is 0 Å². The Hall–Kier alpha value is -3.57. The van der Waals surface area contributed by atoms with Crippen LogP contribution in [0.1, 0.15) is 23.1 Å². The lowest BCUT2D eigenvalue weighted by molar-refractivity contribution is 0.100. The number of nitrogens with zero attached hydrogens (tertiary/aromatic N) is 5. The molecule has 0 saturated heterocycles. The molecule has 3 aromatic heterocycles. The van der Waals surface area contributed by atoms with E-state index in [1.807, 2.05) is 35.7 Å². The fraction of sp³-hybridized carbons (Fsp3) is 0.0556. The van der Waals surface area contributed by atoms with Gasteiger partial charge in [-0.3, -0.25) is 9.59 Å². The van der Waals surface area contributed by atoms with Crippen molar-refractivity contribution >= 4 is 22.9 Å². The van der Waals surface area contributed by atoms with Gasteiger partial charge in [0.05, 0.1) is 10.6 Å². The number of ketones is 1. The predicted octanol–water partition coefficient (Wildman–Crippen LogP) is 2.68. The van der Waals surface area contributed by atoms with Gasteiger partial charge >= 0.3 is 0 Å². The van der Waals surface area contributed by atoms with Crippen LogP contribution in [0.3, 0.4) is 0 Å². The van der Waals surface area contributed by atoms with Crippen LogP contribution in [0.5, 0.6) is 0 Å². The molecule has 3 heterocycles. The van der Waals surface area contributed by atoms with Crippen molar-refractivity contribution in [1.29, 1.82) is 5.26 Å². The van der Waals surface area contributed by atoms with Crippen LogP contribution in [-0.4, -0.2) is 24.9 Å². The van der Waals surface area contributed by atoms with Crippen molar-refractivity contribution in [3.05, 3.63) is 69.6 Å². The van der Waals surface area contributed by atoms with E-state index in [0.717, 1.165) is 4.40 Å². The fourth-order valence-corrected chi connectivity index (χ4v) is 3.41. The maximum absolute atomic E-state index is 12.9. The Morgan fingerprint density at radius 1 is 1.19 bits per heavy atom. The Morgan fingerprint density at radius 3 is 2.58 bits per heavy atom. The Morgan fingerprint density at radius 2 is 1.96 bits per heavy atom. The van der Waals surface area contributed by atoms with Gasteiger partial charge in [-0.05, 0) is 23.6 Å². The number of rotatable bonds is 3. The highest BCUT2D eigenvalue weighted by Gasteiger charge is 2.23. The Bertz CT molecular complexity index is 1230. The van der Waals surface area contributed by atoms with E-state index in [1.54, 1.807) is 18.2 Å². The van der Waals surface area contributed by atoms with Crippen LogP contribution in [0.2, 0.25) is 0 Å². The highest BCUT2D eigenvalue weighted by Crippen LogP contribution is 2.25. The summed E-state index contributed by atoms with van der Waals surface area (Å²) in [5, 5.41) is 15.6.